The lowest BCUT2D eigenvalue weighted by Crippen LogP contribution is -2.18. The molecule has 1 saturated carbocycles. The minimum Gasteiger partial charge on any atom is -0.495 e. The van der Waals surface area contributed by atoms with E-state index in [0.29, 0.717) is 11.6 Å². The second kappa shape index (κ2) is 7.34. The molecule has 0 atom stereocenters. The number of ether oxygens (including phenoxy) is 1. The van der Waals surface area contributed by atoms with Gasteiger partial charge in [0.1, 0.15) is 16.3 Å². The Morgan fingerprint density at radius 2 is 1.90 bits per heavy atom. The van der Waals surface area contributed by atoms with Crippen LogP contribution >= 0.6 is 0 Å². The number of anilines is 1. The van der Waals surface area contributed by atoms with Gasteiger partial charge in [-0.1, -0.05) is 18.2 Å². The maximum Gasteiger partial charge on any atom is 0.274 e. The number of methoxy groups -OCH3 is 1. The van der Waals surface area contributed by atoms with Crippen LogP contribution in [0.1, 0.15) is 34.9 Å². The topological polar surface area (TPSA) is 116 Å². The van der Waals surface area contributed by atoms with Crippen LogP contribution in [-0.4, -0.2) is 31.2 Å². The number of nitrogens with two attached hydrogens (primary N) is 1. The molecule has 0 unspecified atom stereocenters. The summed E-state index contributed by atoms with van der Waals surface area (Å²) in [7, 11) is -2.67. The summed E-state index contributed by atoms with van der Waals surface area (Å²) in [5.41, 5.74) is 2.29. The van der Waals surface area contributed by atoms with Gasteiger partial charge in [-0.05, 0) is 49.2 Å². The summed E-state index contributed by atoms with van der Waals surface area (Å²) in [4.78, 5) is 12.8. The van der Waals surface area contributed by atoms with Crippen molar-refractivity contribution in [3.05, 3.63) is 66.0 Å². The number of primary sulfonamides is 1. The molecule has 2 aromatic carbocycles. The zero-order chi connectivity index (χ0) is 20.6. The maximum absolute atomic E-state index is 13.0. The molecule has 1 aliphatic rings. The second-order valence-corrected chi connectivity index (χ2v) is 8.37. The molecule has 0 bridgehead atoms. The van der Waals surface area contributed by atoms with E-state index in [1.54, 1.807) is 16.8 Å². The molecule has 4 rings (SSSR count). The molecule has 0 spiro atoms. The third kappa shape index (κ3) is 4.01. The van der Waals surface area contributed by atoms with Crippen molar-refractivity contribution in [2.75, 3.05) is 12.4 Å². The Hall–Kier alpha value is -3.17. The molecular formula is C20H20N4O4S. The predicted molar refractivity (Wildman–Crippen MR) is 108 cm³/mol. The number of hydrogen-bond acceptors (Lipinski definition) is 5. The molecule has 0 aliphatic heterocycles. The molecule has 3 N–H and O–H groups in total. The van der Waals surface area contributed by atoms with Crippen molar-refractivity contribution in [1.29, 1.82) is 0 Å². The van der Waals surface area contributed by atoms with E-state index in [1.165, 1.54) is 19.2 Å². The molecule has 0 saturated heterocycles. The molecule has 1 fully saturated rings. The number of para-hydroxylation sites is 1. The highest BCUT2D eigenvalue weighted by atomic mass is 32.2. The van der Waals surface area contributed by atoms with Crippen LogP contribution < -0.4 is 15.2 Å². The Labute approximate surface area is 168 Å². The van der Waals surface area contributed by atoms with Crippen molar-refractivity contribution in [1.82, 2.24) is 9.78 Å². The van der Waals surface area contributed by atoms with Crippen LogP contribution in [0.25, 0.3) is 5.69 Å². The molecule has 1 aliphatic carbocycles. The lowest BCUT2D eigenvalue weighted by molar-refractivity contribution is 0.101. The number of amides is 1. The number of rotatable bonds is 6. The van der Waals surface area contributed by atoms with Crippen LogP contribution in [0.15, 0.2) is 59.5 Å². The van der Waals surface area contributed by atoms with Gasteiger partial charge in [-0.2, -0.15) is 5.10 Å². The number of carbonyl (C=O) groups excluding carboxylic acids is 1. The van der Waals surface area contributed by atoms with Gasteiger partial charge in [-0.25, -0.2) is 18.2 Å². The van der Waals surface area contributed by atoms with E-state index < -0.39 is 15.9 Å². The van der Waals surface area contributed by atoms with Crippen molar-refractivity contribution in [3.8, 4) is 11.4 Å². The summed E-state index contributed by atoms with van der Waals surface area (Å²) in [6, 6.07) is 15.4. The first-order chi connectivity index (χ1) is 13.9. The first kappa shape index (κ1) is 19.2. The molecule has 150 valence electrons. The third-order valence-corrected chi connectivity index (χ3v) is 5.62. The van der Waals surface area contributed by atoms with Crippen molar-refractivity contribution < 1.29 is 17.9 Å². The standard InChI is InChI=1S/C20H20N4O4S/c1-28-18-10-9-14(11-19(18)29(21,26)27)22-20(25)17-12-16(13-7-8-13)23-24(17)15-5-3-2-4-6-15/h2-6,9-13H,7-8H2,1H3,(H,22,25)(H2,21,26,27). The highest BCUT2D eigenvalue weighted by Gasteiger charge is 2.29. The minimum absolute atomic E-state index is 0.107. The van der Waals surface area contributed by atoms with Gasteiger partial charge in [0, 0.05) is 11.6 Å². The van der Waals surface area contributed by atoms with E-state index in [1.807, 2.05) is 30.3 Å². The second-order valence-electron chi connectivity index (χ2n) is 6.84. The van der Waals surface area contributed by atoms with Gasteiger partial charge in [-0.3, -0.25) is 4.79 Å². The van der Waals surface area contributed by atoms with Crippen molar-refractivity contribution in [2.24, 2.45) is 5.14 Å². The van der Waals surface area contributed by atoms with E-state index >= 15 is 0 Å². The molecule has 3 aromatic rings. The highest BCUT2D eigenvalue weighted by molar-refractivity contribution is 7.89. The average Bonchev–Trinajstić information content (AvgIpc) is 3.46. The van der Waals surface area contributed by atoms with Gasteiger partial charge in [0.05, 0.1) is 18.5 Å². The molecule has 9 heteroatoms. The fourth-order valence-electron chi connectivity index (χ4n) is 3.08. The first-order valence-corrected chi connectivity index (χ1v) is 10.6. The van der Waals surface area contributed by atoms with Gasteiger partial charge in [0.2, 0.25) is 10.0 Å². The highest BCUT2D eigenvalue weighted by Crippen LogP contribution is 2.39. The smallest absolute Gasteiger partial charge is 0.274 e. The Morgan fingerprint density at radius 1 is 1.17 bits per heavy atom. The number of sulfonamides is 1. The molecule has 1 amide bonds. The Morgan fingerprint density at radius 3 is 2.52 bits per heavy atom. The van der Waals surface area contributed by atoms with Crippen molar-refractivity contribution >= 4 is 21.6 Å². The SMILES string of the molecule is COc1ccc(NC(=O)c2cc(C3CC3)nn2-c2ccccc2)cc1S(N)(=O)=O. The molecule has 0 radical (unpaired) electrons. The number of aromatic nitrogens is 2. The Kier molecular flexibility index (Phi) is 4.85. The molecule has 8 nitrogen and oxygen atoms in total. The molecule has 1 heterocycles. The zero-order valence-electron chi connectivity index (χ0n) is 15.7. The van der Waals surface area contributed by atoms with Gasteiger partial charge in [0.15, 0.2) is 0 Å². The third-order valence-electron chi connectivity index (χ3n) is 4.69. The van der Waals surface area contributed by atoms with Crippen LogP contribution in [-0.2, 0) is 10.0 Å². The van der Waals surface area contributed by atoms with E-state index in [9.17, 15) is 13.2 Å². The molecule has 29 heavy (non-hydrogen) atoms. The largest absolute Gasteiger partial charge is 0.495 e. The monoisotopic (exact) mass is 412 g/mol. The lowest BCUT2D eigenvalue weighted by atomic mass is 10.2. The first-order valence-electron chi connectivity index (χ1n) is 9.04. The van der Waals surface area contributed by atoms with E-state index in [-0.39, 0.29) is 16.3 Å². The van der Waals surface area contributed by atoms with Crippen molar-refractivity contribution in [2.45, 2.75) is 23.7 Å². The summed E-state index contributed by atoms with van der Waals surface area (Å²) in [6.07, 6.45) is 2.12. The van der Waals surface area contributed by atoms with E-state index in [4.69, 9.17) is 9.88 Å². The number of nitrogens with one attached hydrogen (secondary N) is 1. The van der Waals surface area contributed by atoms with E-state index in [2.05, 4.69) is 10.4 Å². The average molecular weight is 412 g/mol. The zero-order valence-corrected chi connectivity index (χ0v) is 16.5. The Bertz CT molecular complexity index is 1170. The van der Waals surface area contributed by atoms with E-state index in [0.717, 1.165) is 24.2 Å². The number of hydrogen-bond donors (Lipinski definition) is 2. The minimum atomic E-state index is -4.01. The lowest BCUT2D eigenvalue weighted by Gasteiger charge is -2.11. The summed E-state index contributed by atoms with van der Waals surface area (Å²) in [6.45, 7) is 0. The van der Waals surface area contributed by atoms with Gasteiger partial charge in [-0.15, -0.1) is 0 Å². The van der Waals surface area contributed by atoms with Gasteiger partial charge in [0.25, 0.3) is 5.91 Å². The number of nitrogens with zero attached hydrogens (tertiary/aromatic N) is 2. The summed E-state index contributed by atoms with van der Waals surface area (Å²) in [5.74, 6) is 0.0797. The normalized spacial score (nSPS) is 13.9. The molecule has 1 aromatic heterocycles. The fourth-order valence-corrected chi connectivity index (χ4v) is 3.80. The summed E-state index contributed by atoms with van der Waals surface area (Å²) < 4.78 is 30.3. The fraction of sp³-hybridized carbons (Fsp3) is 0.200. The van der Waals surface area contributed by atoms with Crippen LogP contribution in [0.2, 0.25) is 0 Å². The summed E-state index contributed by atoms with van der Waals surface area (Å²) >= 11 is 0. The number of carbonyl (C=O) groups is 1. The summed E-state index contributed by atoms with van der Waals surface area (Å²) in [5, 5.41) is 12.6. The van der Waals surface area contributed by atoms with Crippen LogP contribution in [0.3, 0.4) is 0 Å². The Balaban J connectivity index is 1.69. The molecular weight excluding hydrogens is 392 g/mol. The van der Waals surface area contributed by atoms with Crippen molar-refractivity contribution in [3.63, 3.8) is 0 Å². The van der Waals surface area contributed by atoms with Crippen LogP contribution in [0.5, 0.6) is 5.75 Å². The predicted octanol–water partition coefficient (Wildman–Crippen LogP) is 2.66. The number of benzene rings is 2. The maximum atomic E-state index is 13.0. The van der Waals surface area contributed by atoms with Gasteiger partial charge < -0.3 is 10.1 Å². The van der Waals surface area contributed by atoms with Crippen LogP contribution in [0.4, 0.5) is 5.69 Å². The quantitative estimate of drug-likeness (QED) is 0.646. The van der Waals surface area contributed by atoms with Crippen LogP contribution in [0, 0.1) is 0 Å². The van der Waals surface area contributed by atoms with Gasteiger partial charge >= 0.3 is 0 Å².